The number of sulfonamides is 2. The van der Waals surface area contributed by atoms with E-state index < -0.39 is 56.1 Å². The number of carbonyl (C=O) groups is 2. The Bertz CT molecular complexity index is 2340. The number of aliphatic hydroxyl groups is 1. The Morgan fingerprint density at radius 1 is 0.919 bits per heavy atom. The minimum atomic E-state index is -4.10. The lowest BCUT2D eigenvalue weighted by Crippen LogP contribution is -2.56. The van der Waals surface area contributed by atoms with Gasteiger partial charge in [0.25, 0.3) is 10.0 Å². The first-order valence-electron chi connectivity index (χ1n) is 20.8. The van der Waals surface area contributed by atoms with Crippen LogP contribution in [0.5, 0.6) is 5.75 Å². The van der Waals surface area contributed by atoms with Crippen LogP contribution in [0.4, 0.5) is 0 Å². The number of nitrogens with two attached hydrogens (primary N) is 1. The van der Waals surface area contributed by atoms with E-state index in [0.717, 1.165) is 37.7 Å². The van der Waals surface area contributed by atoms with Crippen molar-refractivity contribution in [2.75, 3.05) is 13.7 Å². The fourth-order valence-electron chi connectivity index (χ4n) is 7.87. The van der Waals surface area contributed by atoms with Gasteiger partial charge in [0, 0.05) is 18.1 Å². The first-order chi connectivity index (χ1) is 29.6. The van der Waals surface area contributed by atoms with Gasteiger partial charge >= 0.3 is 0 Å². The van der Waals surface area contributed by atoms with E-state index in [0.29, 0.717) is 39.4 Å². The fourth-order valence-corrected chi connectivity index (χ4v) is 11.4. The quantitative estimate of drug-likeness (QED) is 0.0378. The predicted molar refractivity (Wildman–Crippen MR) is 242 cm³/mol. The van der Waals surface area contributed by atoms with E-state index in [-0.39, 0.29) is 48.3 Å². The van der Waals surface area contributed by atoms with E-state index in [4.69, 9.17) is 10.5 Å². The topological polar surface area (TPSA) is 231 Å². The number of nitrogens with one attached hydrogen (secondary N) is 4. The van der Waals surface area contributed by atoms with Crippen LogP contribution in [0.3, 0.4) is 0 Å². The summed E-state index contributed by atoms with van der Waals surface area (Å²) >= 11 is 1.22. The third kappa shape index (κ3) is 13.8. The normalized spacial score (nSPS) is 15.9. The summed E-state index contributed by atoms with van der Waals surface area (Å²) in [5.74, 6) is -1.14. The SMILES string of the molecule is COc1cc(C)c(S(=O)(=O)NC(N)=NCCC[C@H](NC(=O)[C@H](CC2CCCCC2)NC(=O)[C@@H](Cc2ccccc2)NS(=O)(=O)Cc2ccccc2)C(O)c2nccs2)c(C)c1C. The van der Waals surface area contributed by atoms with Gasteiger partial charge in [-0.2, -0.15) is 0 Å². The number of thiazole rings is 1. The number of carbonyl (C=O) groups excluding carboxylic acids is 2. The van der Waals surface area contributed by atoms with E-state index in [1.165, 1.54) is 18.4 Å². The number of nitrogens with zero attached hydrogens (tertiary/aromatic N) is 2. The van der Waals surface area contributed by atoms with Crippen LogP contribution in [-0.2, 0) is 41.8 Å². The van der Waals surface area contributed by atoms with Crippen molar-refractivity contribution >= 4 is 49.2 Å². The highest BCUT2D eigenvalue weighted by molar-refractivity contribution is 7.90. The van der Waals surface area contributed by atoms with E-state index in [9.17, 15) is 31.5 Å². The number of aliphatic hydroxyl groups excluding tert-OH is 1. The fraction of sp³-hybridized carbons (Fsp3) is 0.455. The molecule has 3 aromatic carbocycles. The van der Waals surface area contributed by atoms with Crippen molar-refractivity contribution < 1.29 is 36.3 Å². The van der Waals surface area contributed by atoms with Gasteiger partial charge in [0.1, 0.15) is 28.9 Å². The zero-order chi connectivity index (χ0) is 44.9. The second-order valence-electron chi connectivity index (χ2n) is 15.8. The molecule has 0 saturated heterocycles. The Hall–Kier alpha value is -4.88. The number of ether oxygens (including phenoxy) is 1. The van der Waals surface area contributed by atoms with Crippen molar-refractivity contribution in [3.05, 3.63) is 111 Å². The molecule has 1 aromatic heterocycles. The Balaban J connectivity index is 1.32. The molecule has 7 N–H and O–H groups in total. The molecule has 1 unspecified atom stereocenters. The second kappa shape index (κ2) is 22.5. The third-order valence-electron chi connectivity index (χ3n) is 11.1. The maximum Gasteiger partial charge on any atom is 0.264 e. The molecule has 1 heterocycles. The Morgan fingerprint density at radius 2 is 1.56 bits per heavy atom. The van der Waals surface area contributed by atoms with Crippen LogP contribution < -0.4 is 30.5 Å². The number of guanidine groups is 1. The standard InChI is InChI=1S/C44H59N7O8S3/c1-29-25-38(59-4)30(2)31(3)40(29)62(57,58)51-44(45)47-22-14-21-35(39(52)43-46-23-24-60-43)48-41(53)36(26-32-15-8-5-9-16-32)49-42(54)37(27-33-17-10-6-11-18-33)50-61(55,56)28-34-19-12-7-13-20-34/h6-7,10-13,17-20,23-25,32,35-37,39,50,52H,5,8-9,14-16,21-22,26-28H2,1-4H3,(H,48,53)(H,49,54)(H3,45,47,51)/t35-,36-,37+,39?/m0/s1. The lowest BCUT2D eigenvalue weighted by molar-refractivity contribution is -0.131. The molecule has 1 fully saturated rings. The highest BCUT2D eigenvalue weighted by Gasteiger charge is 2.34. The third-order valence-corrected chi connectivity index (χ3v) is 15.0. The highest BCUT2D eigenvalue weighted by Crippen LogP contribution is 2.31. The molecule has 62 heavy (non-hydrogen) atoms. The maximum atomic E-state index is 14.4. The molecule has 15 nitrogen and oxygen atoms in total. The van der Waals surface area contributed by atoms with Crippen molar-refractivity contribution in [1.29, 1.82) is 0 Å². The van der Waals surface area contributed by atoms with Gasteiger partial charge < -0.3 is 26.2 Å². The molecule has 4 atom stereocenters. The number of methoxy groups -OCH3 is 1. The highest BCUT2D eigenvalue weighted by atomic mass is 32.2. The smallest absolute Gasteiger partial charge is 0.264 e. The van der Waals surface area contributed by atoms with Crippen LogP contribution in [0.15, 0.2) is 88.2 Å². The zero-order valence-corrected chi connectivity index (χ0v) is 38.1. The number of rotatable bonds is 21. The number of aliphatic imine (C=N–C) groups is 1. The van der Waals surface area contributed by atoms with E-state index in [2.05, 4.69) is 30.1 Å². The van der Waals surface area contributed by atoms with Gasteiger partial charge in [-0.25, -0.2) is 31.3 Å². The average molecular weight is 910 g/mol. The van der Waals surface area contributed by atoms with E-state index >= 15 is 0 Å². The van der Waals surface area contributed by atoms with Crippen LogP contribution in [0, 0.1) is 26.7 Å². The van der Waals surface area contributed by atoms with Gasteiger partial charge in [-0.3, -0.25) is 14.6 Å². The molecule has 0 radical (unpaired) electrons. The number of hydrogen-bond acceptors (Lipinski definition) is 11. The molecule has 5 rings (SSSR count). The summed E-state index contributed by atoms with van der Waals surface area (Å²) in [5.41, 5.74) is 9.04. The van der Waals surface area contributed by atoms with Crippen LogP contribution in [0.2, 0.25) is 0 Å². The van der Waals surface area contributed by atoms with Crippen molar-refractivity contribution in [3.63, 3.8) is 0 Å². The molecule has 0 bridgehead atoms. The summed E-state index contributed by atoms with van der Waals surface area (Å²) in [7, 11) is -6.58. The van der Waals surface area contributed by atoms with Crippen molar-refractivity contribution in [3.8, 4) is 5.75 Å². The van der Waals surface area contributed by atoms with Crippen molar-refractivity contribution in [2.24, 2.45) is 16.6 Å². The lowest BCUT2D eigenvalue weighted by Gasteiger charge is -2.30. The molecule has 1 aliphatic rings. The van der Waals surface area contributed by atoms with Gasteiger partial charge in [-0.15, -0.1) is 11.3 Å². The summed E-state index contributed by atoms with van der Waals surface area (Å²) in [6, 6.07) is 16.2. The first-order valence-corrected chi connectivity index (χ1v) is 24.8. The maximum absolute atomic E-state index is 14.4. The molecular weight excluding hydrogens is 851 g/mol. The first kappa shape index (κ1) is 48.2. The summed E-state index contributed by atoms with van der Waals surface area (Å²) in [4.78, 5) is 37.2. The van der Waals surface area contributed by atoms with Gasteiger partial charge in [0.05, 0.1) is 23.8 Å². The lowest BCUT2D eigenvalue weighted by atomic mass is 9.84. The molecule has 0 aliphatic heterocycles. The van der Waals surface area contributed by atoms with Crippen LogP contribution in [-0.4, -0.2) is 76.5 Å². The number of amides is 2. The summed E-state index contributed by atoms with van der Waals surface area (Å²) < 4.78 is 64.1. The molecule has 18 heteroatoms. The number of benzene rings is 3. The second-order valence-corrected chi connectivity index (χ2v) is 20.1. The van der Waals surface area contributed by atoms with Crippen LogP contribution in [0.1, 0.15) is 90.3 Å². The van der Waals surface area contributed by atoms with Crippen LogP contribution in [0.25, 0.3) is 0 Å². The Labute approximate surface area is 369 Å². The monoisotopic (exact) mass is 909 g/mol. The molecule has 2 amide bonds. The van der Waals surface area contributed by atoms with E-state index in [1.54, 1.807) is 93.0 Å². The van der Waals surface area contributed by atoms with Gasteiger partial charge in [0.2, 0.25) is 27.8 Å². The molecular formula is C44H59N7O8S3. The van der Waals surface area contributed by atoms with Crippen molar-refractivity contribution in [2.45, 2.75) is 113 Å². The summed E-state index contributed by atoms with van der Waals surface area (Å²) in [6.07, 6.45) is 5.98. The van der Waals surface area contributed by atoms with Crippen molar-refractivity contribution in [1.82, 2.24) is 25.1 Å². The van der Waals surface area contributed by atoms with Crippen LogP contribution >= 0.6 is 11.3 Å². The number of hydrogen-bond donors (Lipinski definition) is 6. The Morgan fingerprint density at radius 3 is 2.19 bits per heavy atom. The number of aromatic nitrogens is 1. The van der Waals surface area contributed by atoms with Gasteiger partial charge in [-0.05, 0) is 86.3 Å². The number of aryl methyl sites for hydroxylation is 1. The molecule has 1 aliphatic carbocycles. The zero-order valence-electron chi connectivity index (χ0n) is 35.7. The van der Waals surface area contributed by atoms with E-state index in [1.807, 2.05) is 6.07 Å². The minimum absolute atomic E-state index is 0.0443. The molecule has 1 saturated carbocycles. The summed E-state index contributed by atoms with van der Waals surface area (Å²) in [5, 5.41) is 19.5. The largest absolute Gasteiger partial charge is 0.496 e. The molecule has 4 aromatic rings. The Kier molecular flexibility index (Phi) is 17.4. The molecule has 0 spiro atoms. The van der Waals surface area contributed by atoms with Gasteiger partial charge in [-0.1, -0.05) is 92.8 Å². The predicted octanol–water partition coefficient (Wildman–Crippen LogP) is 4.85. The molecule has 336 valence electrons. The van der Waals surface area contributed by atoms with Gasteiger partial charge in [0.15, 0.2) is 0 Å². The minimum Gasteiger partial charge on any atom is -0.496 e. The summed E-state index contributed by atoms with van der Waals surface area (Å²) in [6.45, 7) is 5.18. The average Bonchev–Trinajstić information content (AvgIpc) is 3.78.